The molecule has 4 aromatic rings. The molecule has 7 heteroatoms. The summed E-state index contributed by atoms with van der Waals surface area (Å²) in [5.74, 6) is 1.92. The monoisotopic (exact) mass is 528 g/mol. The summed E-state index contributed by atoms with van der Waals surface area (Å²) in [5, 5.41) is 3.04. The molecule has 39 heavy (non-hydrogen) atoms. The lowest BCUT2D eigenvalue weighted by Crippen LogP contribution is -2.22. The Hall–Kier alpha value is -4.10. The fourth-order valence-corrected chi connectivity index (χ4v) is 4.42. The Kier molecular flexibility index (Phi) is 10.1. The van der Waals surface area contributed by atoms with E-state index in [1.54, 1.807) is 19.2 Å². The highest BCUT2D eigenvalue weighted by atomic mass is 16.6. The number of ether oxygens (including phenoxy) is 2. The third-order valence-electron chi connectivity index (χ3n) is 6.49. The van der Waals surface area contributed by atoms with Gasteiger partial charge in [-0.1, -0.05) is 43.5 Å². The third kappa shape index (κ3) is 8.45. The quantitative estimate of drug-likeness (QED) is 0.196. The van der Waals surface area contributed by atoms with E-state index in [1.807, 2.05) is 60.7 Å². The van der Waals surface area contributed by atoms with Crippen molar-refractivity contribution in [3.63, 3.8) is 0 Å². The highest BCUT2D eigenvalue weighted by Gasteiger charge is 2.07. The van der Waals surface area contributed by atoms with Gasteiger partial charge in [0.25, 0.3) is 0 Å². The molecule has 0 unspecified atom stereocenters. The van der Waals surface area contributed by atoms with Gasteiger partial charge in [-0.3, -0.25) is 4.79 Å². The van der Waals surface area contributed by atoms with Crippen molar-refractivity contribution in [3.05, 3.63) is 94.6 Å². The molecule has 4 rings (SSSR count). The van der Waals surface area contributed by atoms with Crippen molar-refractivity contribution in [3.8, 4) is 22.8 Å². The summed E-state index contributed by atoms with van der Waals surface area (Å²) in [7, 11) is 3.65. The van der Waals surface area contributed by atoms with Gasteiger partial charge in [0, 0.05) is 25.2 Å². The molecule has 7 nitrogen and oxygen atoms in total. The Morgan fingerprint density at radius 2 is 1.64 bits per heavy atom. The lowest BCUT2D eigenvalue weighted by atomic mass is 10.1. The minimum atomic E-state index is -0.461. The largest absolute Gasteiger partial charge is 0.494 e. The average Bonchev–Trinajstić information content (AvgIpc) is 2.95. The van der Waals surface area contributed by atoms with Crippen LogP contribution in [0.5, 0.6) is 11.5 Å². The number of rotatable bonds is 13. The molecule has 1 heterocycles. The molecular weight excluding hydrogens is 492 g/mol. The minimum absolute atomic E-state index is 0.0433. The van der Waals surface area contributed by atoms with Crippen LogP contribution in [0.15, 0.2) is 88.1 Å². The topological polar surface area (TPSA) is 81.0 Å². The van der Waals surface area contributed by atoms with Gasteiger partial charge < -0.3 is 24.1 Å². The van der Waals surface area contributed by atoms with Crippen LogP contribution in [0, 0.1) is 0 Å². The van der Waals surface area contributed by atoms with E-state index in [0.717, 1.165) is 49.2 Å². The van der Waals surface area contributed by atoms with Crippen LogP contribution < -0.4 is 20.2 Å². The highest BCUT2D eigenvalue weighted by molar-refractivity contribution is 5.78. The highest BCUT2D eigenvalue weighted by Crippen LogP contribution is 2.24. The molecule has 3 aromatic carbocycles. The summed E-state index contributed by atoms with van der Waals surface area (Å²) in [6.07, 6.45) is 5.16. The van der Waals surface area contributed by atoms with Gasteiger partial charge in [0.05, 0.1) is 12.0 Å². The molecule has 0 bridgehead atoms. The average molecular weight is 529 g/mol. The van der Waals surface area contributed by atoms with Crippen molar-refractivity contribution in [1.82, 2.24) is 10.2 Å². The molecule has 204 valence electrons. The van der Waals surface area contributed by atoms with Gasteiger partial charge in [0.1, 0.15) is 22.8 Å². The van der Waals surface area contributed by atoms with Crippen molar-refractivity contribution >= 4 is 17.1 Å². The van der Waals surface area contributed by atoms with E-state index in [-0.39, 0.29) is 5.43 Å². The van der Waals surface area contributed by atoms with Crippen LogP contribution >= 0.6 is 0 Å². The van der Waals surface area contributed by atoms with Gasteiger partial charge in [0.2, 0.25) is 0 Å². The third-order valence-corrected chi connectivity index (χ3v) is 6.49. The van der Waals surface area contributed by atoms with E-state index in [0.29, 0.717) is 29.1 Å². The van der Waals surface area contributed by atoms with Gasteiger partial charge in [-0.05, 0) is 80.5 Å². The van der Waals surface area contributed by atoms with E-state index in [4.69, 9.17) is 13.9 Å². The van der Waals surface area contributed by atoms with Gasteiger partial charge >= 0.3 is 6.09 Å². The molecule has 0 saturated heterocycles. The summed E-state index contributed by atoms with van der Waals surface area (Å²) in [6, 6.07) is 24.1. The summed E-state index contributed by atoms with van der Waals surface area (Å²) in [5.41, 5.74) is 2.51. The number of unbranched alkanes of at least 4 members (excludes halogenated alkanes) is 4. The molecule has 0 radical (unpaired) electrons. The van der Waals surface area contributed by atoms with E-state index < -0.39 is 6.09 Å². The van der Waals surface area contributed by atoms with Gasteiger partial charge in [-0.25, -0.2) is 4.79 Å². The van der Waals surface area contributed by atoms with Crippen molar-refractivity contribution in [1.29, 1.82) is 0 Å². The number of carbonyl (C=O) groups is 1. The first-order chi connectivity index (χ1) is 19.0. The first-order valence-corrected chi connectivity index (χ1v) is 13.4. The van der Waals surface area contributed by atoms with Crippen LogP contribution in [-0.2, 0) is 6.54 Å². The summed E-state index contributed by atoms with van der Waals surface area (Å²) >= 11 is 0. The second kappa shape index (κ2) is 14.2. The van der Waals surface area contributed by atoms with Crippen LogP contribution in [0.3, 0.4) is 0 Å². The molecule has 0 aliphatic heterocycles. The predicted molar refractivity (Wildman–Crippen MR) is 154 cm³/mol. The van der Waals surface area contributed by atoms with Crippen molar-refractivity contribution in [2.45, 2.75) is 38.6 Å². The predicted octanol–water partition coefficient (Wildman–Crippen LogP) is 6.64. The van der Waals surface area contributed by atoms with E-state index in [2.05, 4.69) is 17.3 Å². The SMILES string of the molecule is CNC(=O)Oc1cccc(CN(C)CCCCCCCOc2ccc(-c3cc(=O)c4ccccc4o3)cc2)c1. The Morgan fingerprint density at radius 1 is 0.872 bits per heavy atom. The Balaban J connectivity index is 1.10. The molecule has 0 atom stereocenters. The van der Waals surface area contributed by atoms with E-state index >= 15 is 0 Å². The first kappa shape index (κ1) is 27.9. The van der Waals surface area contributed by atoms with Crippen molar-refractivity contribution in [2.24, 2.45) is 0 Å². The normalized spacial score (nSPS) is 11.1. The number of nitrogens with one attached hydrogen (secondary N) is 1. The van der Waals surface area contributed by atoms with E-state index in [1.165, 1.54) is 18.9 Å². The number of benzene rings is 3. The number of para-hydroxylation sites is 1. The fourth-order valence-electron chi connectivity index (χ4n) is 4.42. The lowest BCUT2D eigenvalue weighted by Gasteiger charge is -2.17. The Labute approximate surface area is 229 Å². The fraction of sp³-hybridized carbons (Fsp3) is 0.312. The van der Waals surface area contributed by atoms with Gasteiger partial charge in [0.15, 0.2) is 5.43 Å². The molecule has 1 aromatic heterocycles. The first-order valence-electron chi connectivity index (χ1n) is 13.4. The maximum Gasteiger partial charge on any atom is 0.412 e. The zero-order valence-electron chi connectivity index (χ0n) is 22.7. The van der Waals surface area contributed by atoms with Crippen molar-refractivity contribution < 1.29 is 18.7 Å². The minimum Gasteiger partial charge on any atom is -0.494 e. The second-order valence-electron chi connectivity index (χ2n) is 9.64. The number of carbonyl (C=O) groups excluding carboxylic acids is 1. The molecule has 0 spiro atoms. The summed E-state index contributed by atoms with van der Waals surface area (Å²) in [4.78, 5) is 26.0. The molecule has 1 N–H and O–H groups in total. The Bertz CT molecular complexity index is 1410. The molecule has 1 amide bonds. The van der Waals surface area contributed by atoms with Crippen LogP contribution in [0.1, 0.15) is 37.7 Å². The number of hydrogen-bond acceptors (Lipinski definition) is 6. The number of nitrogens with zero attached hydrogens (tertiary/aromatic N) is 1. The number of amides is 1. The Morgan fingerprint density at radius 3 is 2.46 bits per heavy atom. The van der Waals surface area contributed by atoms with Gasteiger partial charge in [-0.15, -0.1) is 0 Å². The molecule has 0 aliphatic rings. The maximum atomic E-state index is 12.4. The molecule has 0 saturated carbocycles. The van der Waals surface area contributed by atoms with Crippen LogP contribution in [0.25, 0.3) is 22.3 Å². The number of hydrogen-bond donors (Lipinski definition) is 1. The standard InChI is InChI=1S/C32H36N2O5/c1-33-32(36)38-27-12-10-11-24(21-27)23-34(2)19-8-4-3-5-9-20-37-26-17-15-25(16-18-26)31-22-29(35)28-13-6-7-14-30(28)39-31/h6-7,10-18,21-22H,3-5,8-9,19-20,23H2,1-2H3,(H,33,36). The smallest absolute Gasteiger partial charge is 0.412 e. The summed E-state index contributed by atoms with van der Waals surface area (Å²) < 4.78 is 17.0. The zero-order chi connectivity index (χ0) is 27.5. The molecule has 0 aliphatic carbocycles. The van der Waals surface area contributed by atoms with Crippen LogP contribution in [0.4, 0.5) is 4.79 Å². The van der Waals surface area contributed by atoms with Gasteiger partial charge in [-0.2, -0.15) is 0 Å². The number of fused-ring (bicyclic) bond motifs is 1. The lowest BCUT2D eigenvalue weighted by molar-refractivity contribution is 0.203. The molecule has 0 fully saturated rings. The van der Waals surface area contributed by atoms with Crippen LogP contribution in [0.2, 0.25) is 0 Å². The second-order valence-corrected chi connectivity index (χ2v) is 9.64. The maximum absolute atomic E-state index is 12.4. The van der Waals surface area contributed by atoms with E-state index in [9.17, 15) is 9.59 Å². The zero-order valence-corrected chi connectivity index (χ0v) is 22.7. The summed E-state index contributed by atoms with van der Waals surface area (Å²) in [6.45, 7) is 2.50. The molecular formula is C32H36N2O5. The van der Waals surface area contributed by atoms with Crippen molar-refractivity contribution in [2.75, 3.05) is 27.2 Å². The van der Waals surface area contributed by atoms with Crippen LogP contribution in [-0.4, -0.2) is 38.2 Å².